The molecule has 33 heavy (non-hydrogen) atoms. The minimum atomic E-state index is -0.145. The first-order valence-corrected chi connectivity index (χ1v) is 12.7. The van der Waals surface area contributed by atoms with Crippen LogP contribution < -0.4 is 9.64 Å². The highest BCUT2D eigenvalue weighted by Crippen LogP contribution is 2.45. The number of aromatic nitrogens is 1. The zero-order chi connectivity index (χ0) is 23.9. The molecule has 1 fully saturated rings. The highest BCUT2D eigenvalue weighted by molar-refractivity contribution is 7.16. The summed E-state index contributed by atoms with van der Waals surface area (Å²) in [5.74, 6) is 1.32. The Kier molecular flexibility index (Phi) is 7.01. The average molecular weight is 487 g/mol. The number of aryl methyl sites for hydroxylation is 3. The number of halogens is 2. The Morgan fingerprint density at radius 2 is 1.88 bits per heavy atom. The Balaban J connectivity index is 1.77. The van der Waals surface area contributed by atoms with E-state index in [2.05, 4.69) is 31.7 Å². The van der Waals surface area contributed by atoms with Crippen molar-refractivity contribution in [2.45, 2.75) is 66.0 Å². The van der Waals surface area contributed by atoms with Crippen molar-refractivity contribution in [3.63, 3.8) is 0 Å². The first-order chi connectivity index (χ1) is 15.7. The predicted octanol–water partition coefficient (Wildman–Crippen LogP) is 8.29. The van der Waals surface area contributed by atoms with Crippen molar-refractivity contribution >= 4 is 28.1 Å². The SMILES string of the molecule is COc1cc(Cl)c(-c2nc(N(C(C)C)[C@@H](CC3CC3)c3ccc(C)c(F)c3)sc2C)cc1C. The van der Waals surface area contributed by atoms with Crippen molar-refractivity contribution in [3.05, 3.63) is 62.7 Å². The molecule has 3 aromatic rings. The van der Waals surface area contributed by atoms with Crippen LogP contribution in [0.2, 0.25) is 5.02 Å². The summed E-state index contributed by atoms with van der Waals surface area (Å²) in [6.45, 7) is 10.3. The van der Waals surface area contributed by atoms with E-state index in [-0.39, 0.29) is 17.9 Å². The molecule has 0 bridgehead atoms. The van der Waals surface area contributed by atoms with Gasteiger partial charge in [0.2, 0.25) is 0 Å². The molecule has 0 N–H and O–H groups in total. The summed E-state index contributed by atoms with van der Waals surface area (Å²) < 4.78 is 20.0. The molecule has 0 radical (unpaired) electrons. The van der Waals surface area contributed by atoms with Crippen molar-refractivity contribution in [3.8, 4) is 17.0 Å². The van der Waals surface area contributed by atoms with E-state index >= 15 is 0 Å². The van der Waals surface area contributed by atoms with Crippen molar-refractivity contribution in [1.29, 1.82) is 0 Å². The molecule has 0 spiro atoms. The number of hydrogen-bond donors (Lipinski definition) is 0. The molecular formula is C27H32ClFN2OS. The second-order valence-electron chi connectivity index (χ2n) is 9.41. The third-order valence-electron chi connectivity index (χ3n) is 6.47. The topological polar surface area (TPSA) is 25.4 Å². The van der Waals surface area contributed by atoms with E-state index in [1.165, 1.54) is 12.8 Å². The second-order valence-corrected chi connectivity index (χ2v) is 11.0. The summed E-state index contributed by atoms with van der Waals surface area (Å²) >= 11 is 8.31. The maximum Gasteiger partial charge on any atom is 0.186 e. The predicted molar refractivity (Wildman–Crippen MR) is 137 cm³/mol. The van der Waals surface area contributed by atoms with Gasteiger partial charge in [-0.25, -0.2) is 9.37 Å². The van der Waals surface area contributed by atoms with E-state index in [1.807, 2.05) is 32.0 Å². The standard InChI is InChI=1S/C27H32ClFN2OS/c1-15(2)31(24(12-19-8-9-19)20-10-7-16(3)23(29)13-20)27-30-26(18(5)33-27)21-11-17(4)25(32-6)14-22(21)28/h7,10-11,13-15,19,24H,8-9,12H2,1-6H3/t24-/m0/s1. The molecule has 176 valence electrons. The van der Waals surface area contributed by atoms with Gasteiger partial charge >= 0.3 is 0 Å². The first kappa shape index (κ1) is 24.0. The van der Waals surface area contributed by atoms with Gasteiger partial charge in [0.15, 0.2) is 5.13 Å². The maximum atomic E-state index is 14.5. The highest BCUT2D eigenvalue weighted by atomic mass is 35.5. The lowest BCUT2D eigenvalue weighted by Gasteiger charge is -2.35. The van der Waals surface area contributed by atoms with Gasteiger partial charge in [-0.3, -0.25) is 0 Å². The number of methoxy groups -OCH3 is 1. The normalized spacial score (nSPS) is 14.6. The largest absolute Gasteiger partial charge is 0.496 e. The Morgan fingerprint density at radius 3 is 2.48 bits per heavy atom. The number of benzene rings is 2. The van der Waals surface area contributed by atoms with E-state index in [4.69, 9.17) is 21.3 Å². The minimum Gasteiger partial charge on any atom is -0.496 e. The monoisotopic (exact) mass is 486 g/mol. The molecule has 0 saturated heterocycles. The number of thiazole rings is 1. The fourth-order valence-corrected chi connectivity index (χ4v) is 5.77. The zero-order valence-electron chi connectivity index (χ0n) is 20.2. The van der Waals surface area contributed by atoms with E-state index in [0.717, 1.165) is 44.6 Å². The van der Waals surface area contributed by atoms with Crippen LogP contribution >= 0.6 is 22.9 Å². The minimum absolute atomic E-state index is 0.0825. The molecule has 1 aliphatic carbocycles. The van der Waals surface area contributed by atoms with Gasteiger partial charge in [0.05, 0.1) is 23.9 Å². The molecule has 0 aliphatic heterocycles. The molecule has 3 nitrogen and oxygen atoms in total. The van der Waals surface area contributed by atoms with Crippen LogP contribution in [0, 0.1) is 32.5 Å². The lowest BCUT2D eigenvalue weighted by Crippen LogP contribution is -2.35. The van der Waals surface area contributed by atoms with Crippen LogP contribution in [0.3, 0.4) is 0 Å². The van der Waals surface area contributed by atoms with Crippen LogP contribution in [0.1, 0.15) is 60.7 Å². The Bertz CT molecular complexity index is 1160. The van der Waals surface area contributed by atoms with E-state index in [0.29, 0.717) is 16.5 Å². The Morgan fingerprint density at radius 1 is 1.15 bits per heavy atom. The van der Waals surface area contributed by atoms with Gasteiger partial charge in [-0.1, -0.05) is 36.6 Å². The molecule has 4 rings (SSSR count). The van der Waals surface area contributed by atoms with Crippen LogP contribution in [-0.2, 0) is 0 Å². The summed E-state index contributed by atoms with van der Waals surface area (Å²) in [5, 5.41) is 1.58. The molecule has 0 unspecified atom stereocenters. The van der Waals surface area contributed by atoms with Crippen molar-refractivity contribution < 1.29 is 9.13 Å². The van der Waals surface area contributed by atoms with Crippen molar-refractivity contribution in [2.75, 3.05) is 12.0 Å². The van der Waals surface area contributed by atoms with Crippen LogP contribution in [0.5, 0.6) is 5.75 Å². The summed E-state index contributed by atoms with van der Waals surface area (Å²) in [4.78, 5) is 8.58. The maximum absolute atomic E-state index is 14.5. The van der Waals surface area contributed by atoms with Gasteiger partial charge < -0.3 is 9.64 Å². The highest BCUT2D eigenvalue weighted by Gasteiger charge is 2.33. The molecule has 1 aliphatic rings. The van der Waals surface area contributed by atoms with Gasteiger partial charge in [-0.15, -0.1) is 11.3 Å². The van der Waals surface area contributed by atoms with E-state index in [9.17, 15) is 4.39 Å². The number of rotatable bonds is 8. The number of hydrogen-bond acceptors (Lipinski definition) is 4. The Labute approximate surface area is 205 Å². The van der Waals surface area contributed by atoms with Crippen LogP contribution in [0.15, 0.2) is 30.3 Å². The third kappa shape index (κ3) is 5.04. The zero-order valence-corrected chi connectivity index (χ0v) is 21.8. The quantitative estimate of drug-likeness (QED) is 0.320. The second kappa shape index (κ2) is 9.63. The molecule has 6 heteroatoms. The summed E-state index contributed by atoms with van der Waals surface area (Å²) in [7, 11) is 1.65. The van der Waals surface area contributed by atoms with E-state index in [1.54, 1.807) is 24.5 Å². The molecule has 1 atom stereocenters. The molecular weight excluding hydrogens is 455 g/mol. The fourth-order valence-electron chi connectivity index (χ4n) is 4.42. The third-order valence-corrected chi connectivity index (χ3v) is 7.77. The van der Waals surface area contributed by atoms with Gasteiger partial charge in [0.1, 0.15) is 11.6 Å². The Hall–Kier alpha value is -2.11. The number of ether oxygens (including phenoxy) is 1. The molecule has 2 aromatic carbocycles. The van der Waals surface area contributed by atoms with Crippen molar-refractivity contribution in [1.82, 2.24) is 4.98 Å². The van der Waals surface area contributed by atoms with Crippen LogP contribution in [-0.4, -0.2) is 18.1 Å². The molecule has 0 amide bonds. The van der Waals surface area contributed by atoms with Gasteiger partial charge in [-0.2, -0.15) is 0 Å². The molecule has 1 heterocycles. The summed E-state index contributed by atoms with van der Waals surface area (Å²) in [5.41, 5.74) is 4.53. The van der Waals surface area contributed by atoms with Crippen LogP contribution in [0.25, 0.3) is 11.3 Å². The fraction of sp³-hybridized carbons (Fsp3) is 0.444. The van der Waals surface area contributed by atoms with E-state index < -0.39 is 0 Å². The van der Waals surface area contributed by atoms with Gasteiger partial charge in [0, 0.05) is 16.5 Å². The number of anilines is 1. The van der Waals surface area contributed by atoms with Gasteiger partial charge in [-0.05, 0) is 81.8 Å². The summed E-state index contributed by atoms with van der Waals surface area (Å²) in [6, 6.07) is 9.87. The summed E-state index contributed by atoms with van der Waals surface area (Å²) in [6.07, 6.45) is 3.51. The van der Waals surface area contributed by atoms with Gasteiger partial charge in [0.25, 0.3) is 0 Å². The van der Waals surface area contributed by atoms with Crippen molar-refractivity contribution in [2.24, 2.45) is 5.92 Å². The average Bonchev–Trinajstić information content (AvgIpc) is 3.51. The molecule has 1 saturated carbocycles. The van der Waals surface area contributed by atoms with Crippen LogP contribution in [0.4, 0.5) is 9.52 Å². The molecule has 1 aromatic heterocycles. The number of nitrogens with zero attached hydrogens (tertiary/aromatic N) is 2. The lowest BCUT2D eigenvalue weighted by atomic mass is 9.97. The smallest absolute Gasteiger partial charge is 0.186 e. The lowest BCUT2D eigenvalue weighted by molar-refractivity contribution is 0.412. The first-order valence-electron chi connectivity index (χ1n) is 11.6.